The van der Waals surface area contributed by atoms with Crippen molar-refractivity contribution in [3.05, 3.63) is 18.1 Å². The number of anilines is 2. The van der Waals surface area contributed by atoms with Crippen molar-refractivity contribution in [2.24, 2.45) is 0 Å². The van der Waals surface area contributed by atoms with Crippen molar-refractivity contribution in [3.63, 3.8) is 0 Å². The molecule has 1 fully saturated rings. The summed E-state index contributed by atoms with van der Waals surface area (Å²) in [4.78, 5) is 25.7. The van der Waals surface area contributed by atoms with Crippen LogP contribution in [0.15, 0.2) is 12.3 Å². The quantitative estimate of drug-likeness (QED) is 0.807. The second-order valence-electron chi connectivity index (χ2n) is 6.57. The summed E-state index contributed by atoms with van der Waals surface area (Å²) in [5.41, 5.74) is 0. The second-order valence-corrected chi connectivity index (χ2v) is 6.57. The van der Waals surface area contributed by atoms with E-state index in [1.807, 2.05) is 6.07 Å². The number of aliphatic hydroxyl groups is 1. The Kier molecular flexibility index (Phi) is 5.54. The minimum atomic E-state index is -0.703. The smallest absolute Gasteiger partial charge is 0.324 e. The van der Waals surface area contributed by atoms with E-state index in [4.69, 9.17) is 9.47 Å². The lowest BCUT2D eigenvalue weighted by atomic mass is 10.1. The molecule has 3 atom stereocenters. The van der Waals surface area contributed by atoms with Crippen molar-refractivity contribution < 1.29 is 14.6 Å². The third-order valence-electron chi connectivity index (χ3n) is 4.45. The molecule has 1 aliphatic heterocycles. The lowest BCUT2D eigenvalue weighted by molar-refractivity contribution is 0.189. The van der Waals surface area contributed by atoms with Crippen molar-refractivity contribution >= 4 is 11.8 Å². The van der Waals surface area contributed by atoms with E-state index in [9.17, 15) is 5.11 Å². The lowest BCUT2D eigenvalue weighted by Crippen LogP contribution is -2.57. The van der Waals surface area contributed by atoms with Crippen LogP contribution in [0.5, 0.6) is 12.0 Å². The fourth-order valence-corrected chi connectivity index (χ4v) is 3.27. The number of nitrogens with zero attached hydrogens (tertiary/aromatic N) is 7. The van der Waals surface area contributed by atoms with Gasteiger partial charge in [-0.05, 0) is 26.8 Å². The minimum Gasteiger partial charge on any atom is -0.467 e. The van der Waals surface area contributed by atoms with Crippen molar-refractivity contribution in [2.45, 2.75) is 39.0 Å². The maximum atomic E-state index is 9.74. The summed E-state index contributed by atoms with van der Waals surface area (Å²) in [6.45, 7) is 7.29. The highest BCUT2D eigenvalue weighted by Crippen LogP contribution is 2.26. The fraction of sp³-hybridized carbons (Fsp3) is 0.588. The molecule has 0 bridgehead atoms. The summed E-state index contributed by atoms with van der Waals surface area (Å²) >= 11 is 0. The van der Waals surface area contributed by atoms with Gasteiger partial charge in [-0.1, -0.05) is 0 Å². The number of aliphatic hydroxyl groups excluding tert-OH is 1. The Labute approximate surface area is 158 Å². The van der Waals surface area contributed by atoms with E-state index in [1.54, 1.807) is 13.1 Å². The Balaban J connectivity index is 1.85. The van der Waals surface area contributed by atoms with E-state index in [0.717, 1.165) is 18.9 Å². The SMILES string of the molecule is COc1nc(OC)nc(N2[C@H](C)CN(c3ccnc([C@H](C)O)n3)C[C@@H]2C)n1. The van der Waals surface area contributed by atoms with Crippen LogP contribution in [0, 0.1) is 0 Å². The summed E-state index contributed by atoms with van der Waals surface area (Å²) in [6, 6.07) is 2.51. The van der Waals surface area contributed by atoms with Crippen LogP contribution in [-0.4, -0.2) is 69.4 Å². The third-order valence-corrected chi connectivity index (χ3v) is 4.45. The second kappa shape index (κ2) is 7.87. The number of piperazine rings is 1. The maximum Gasteiger partial charge on any atom is 0.324 e. The van der Waals surface area contributed by atoms with Gasteiger partial charge in [-0.3, -0.25) is 0 Å². The van der Waals surface area contributed by atoms with Gasteiger partial charge in [-0.15, -0.1) is 4.98 Å². The van der Waals surface area contributed by atoms with Crippen LogP contribution in [0.4, 0.5) is 11.8 Å². The van der Waals surface area contributed by atoms with Crippen LogP contribution in [0.3, 0.4) is 0 Å². The van der Waals surface area contributed by atoms with Crippen molar-refractivity contribution in [1.82, 2.24) is 24.9 Å². The molecule has 0 unspecified atom stereocenters. The highest BCUT2D eigenvalue weighted by Gasteiger charge is 2.33. The standard InChI is InChI=1S/C17H25N7O3/c1-10-8-23(13-6-7-18-14(19-13)12(3)25)9-11(2)24(10)15-20-16(26-4)22-17(21-15)27-5/h6-7,10-12,25H,8-9H2,1-5H3/t10-,11+,12-/m0/s1. The van der Waals surface area contributed by atoms with Crippen LogP contribution in [-0.2, 0) is 0 Å². The Bertz CT molecular complexity index is 755. The normalized spacial score (nSPS) is 21.1. The topological polar surface area (TPSA) is 110 Å². The number of hydrogen-bond donors (Lipinski definition) is 1. The number of methoxy groups -OCH3 is 2. The maximum absolute atomic E-state index is 9.74. The summed E-state index contributed by atoms with van der Waals surface area (Å²) in [7, 11) is 3.02. The van der Waals surface area contributed by atoms with Gasteiger partial charge in [-0.25, -0.2) is 9.97 Å². The Morgan fingerprint density at radius 3 is 2.15 bits per heavy atom. The van der Waals surface area contributed by atoms with Gasteiger partial charge < -0.3 is 24.4 Å². The third kappa shape index (κ3) is 4.00. The van der Waals surface area contributed by atoms with Gasteiger partial charge in [0.05, 0.1) is 14.2 Å². The predicted molar refractivity (Wildman–Crippen MR) is 99.2 cm³/mol. The van der Waals surface area contributed by atoms with Crippen molar-refractivity contribution in [2.75, 3.05) is 37.1 Å². The molecule has 0 radical (unpaired) electrons. The van der Waals surface area contributed by atoms with Crippen LogP contribution in [0.25, 0.3) is 0 Å². The molecular weight excluding hydrogens is 350 g/mol. The summed E-state index contributed by atoms with van der Waals surface area (Å²) in [6.07, 6.45) is 0.972. The number of ether oxygens (including phenoxy) is 2. The molecule has 2 aromatic heterocycles. The molecule has 3 heterocycles. The average Bonchev–Trinajstić information content (AvgIpc) is 2.67. The van der Waals surface area contributed by atoms with Gasteiger partial charge in [0.15, 0.2) is 5.82 Å². The van der Waals surface area contributed by atoms with Crippen LogP contribution < -0.4 is 19.3 Å². The van der Waals surface area contributed by atoms with Gasteiger partial charge in [-0.2, -0.15) is 9.97 Å². The van der Waals surface area contributed by atoms with Crippen LogP contribution >= 0.6 is 0 Å². The summed E-state index contributed by atoms with van der Waals surface area (Å²) < 4.78 is 10.3. The molecule has 146 valence electrons. The molecule has 0 aromatic carbocycles. The molecule has 0 amide bonds. The average molecular weight is 375 g/mol. The monoisotopic (exact) mass is 375 g/mol. The zero-order chi connectivity index (χ0) is 19.6. The van der Waals surface area contributed by atoms with Gasteiger partial charge >= 0.3 is 12.0 Å². The molecule has 10 heteroatoms. The van der Waals surface area contributed by atoms with Crippen LogP contribution in [0.2, 0.25) is 0 Å². The molecule has 1 saturated heterocycles. The number of aromatic nitrogens is 5. The van der Waals surface area contributed by atoms with Gasteiger partial charge in [0.2, 0.25) is 5.95 Å². The first-order chi connectivity index (χ1) is 12.9. The molecule has 27 heavy (non-hydrogen) atoms. The fourth-order valence-electron chi connectivity index (χ4n) is 3.27. The van der Waals surface area contributed by atoms with Crippen LogP contribution in [0.1, 0.15) is 32.7 Å². The first kappa shape index (κ1) is 19.0. The van der Waals surface area contributed by atoms with E-state index in [1.165, 1.54) is 14.2 Å². The zero-order valence-corrected chi connectivity index (χ0v) is 16.2. The van der Waals surface area contributed by atoms with Gasteiger partial charge in [0, 0.05) is 31.4 Å². The highest BCUT2D eigenvalue weighted by atomic mass is 16.5. The van der Waals surface area contributed by atoms with E-state index in [2.05, 4.69) is 48.6 Å². The molecule has 0 aliphatic carbocycles. The van der Waals surface area contributed by atoms with E-state index >= 15 is 0 Å². The van der Waals surface area contributed by atoms with E-state index in [0.29, 0.717) is 11.8 Å². The number of hydrogen-bond acceptors (Lipinski definition) is 10. The first-order valence-electron chi connectivity index (χ1n) is 8.81. The summed E-state index contributed by atoms with van der Waals surface area (Å²) in [5, 5.41) is 9.74. The molecular formula is C17H25N7O3. The van der Waals surface area contributed by atoms with Gasteiger partial charge in [0.25, 0.3) is 0 Å². The zero-order valence-electron chi connectivity index (χ0n) is 16.2. The van der Waals surface area contributed by atoms with Crippen molar-refractivity contribution in [1.29, 1.82) is 0 Å². The predicted octanol–water partition coefficient (Wildman–Crippen LogP) is 0.836. The molecule has 0 saturated carbocycles. The molecule has 2 aromatic rings. The van der Waals surface area contributed by atoms with E-state index < -0.39 is 6.10 Å². The van der Waals surface area contributed by atoms with E-state index in [-0.39, 0.29) is 24.1 Å². The van der Waals surface area contributed by atoms with Crippen molar-refractivity contribution in [3.8, 4) is 12.0 Å². The molecule has 3 rings (SSSR count). The Hall–Kier alpha value is -2.75. The molecule has 10 nitrogen and oxygen atoms in total. The first-order valence-corrected chi connectivity index (χ1v) is 8.81. The Morgan fingerprint density at radius 1 is 1.04 bits per heavy atom. The minimum absolute atomic E-state index is 0.107. The summed E-state index contributed by atoms with van der Waals surface area (Å²) in [5.74, 6) is 1.73. The largest absolute Gasteiger partial charge is 0.467 e. The molecule has 0 spiro atoms. The number of rotatable bonds is 5. The molecule has 1 aliphatic rings. The highest BCUT2D eigenvalue weighted by molar-refractivity contribution is 5.45. The van der Waals surface area contributed by atoms with Gasteiger partial charge in [0.1, 0.15) is 11.9 Å². The lowest BCUT2D eigenvalue weighted by Gasteiger charge is -2.44. The Morgan fingerprint density at radius 2 is 1.63 bits per heavy atom. The molecule has 1 N–H and O–H groups in total.